The van der Waals surface area contributed by atoms with E-state index in [1.807, 2.05) is 30.3 Å². The van der Waals surface area contributed by atoms with Crippen molar-refractivity contribution in [2.45, 2.75) is 100 Å². The van der Waals surface area contributed by atoms with Crippen molar-refractivity contribution in [1.82, 2.24) is 9.55 Å². The molecule has 39 heavy (non-hydrogen) atoms. The van der Waals surface area contributed by atoms with Crippen LogP contribution in [0, 0.1) is 0 Å². The van der Waals surface area contributed by atoms with Crippen molar-refractivity contribution in [3.05, 3.63) is 63.4 Å². The van der Waals surface area contributed by atoms with Crippen LogP contribution in [0.1, 0.15) is 55.4 Å². The first-order valence-electron chi connectivity index (χ1n) is 13.7. The molecule has 12 heteroatoms. The van der Waals surface area contributed by atoms with Gasteiger partial charge in [0.05, 0.1) is 0 Å². The van der Waals surface area contributed by atoms with Gasteiger partial charge in [-0.05, 0) is 0 Å². The summed E-state index contributed by atoms with van der Waals surface area (Å²) in [6.07, 6.45) is -1.23. The number of fused-ring (bicyclic) bond motifs is 1. The molecule has 0 spiro atoms. The number of H-pyrrole nitrogens is 1. The number of hydrogen-bond donors (Lipinski definition) is 2. The summed E-state index contributed by atoms with van der Waals surface area (Å²) >= 11 is -0.578. The molecule has 1 aromatic carbocycles. The van der Waals surface area contributed by atoms with Gasteiger partial charge < -0.3 is 0 Å². The average Bonchev–Trinajstić information content (AvgIpc) is 3.09. The van der Waals surface area contributed by atoms with Gasteiger partial charge in [0, 0.05) is 0 Å². The van der Waals surface area contributed by atoms with E-state index in [1.54, 1.807) is 0 Å². The van der Waals surface area contributed by atoms with Crippen LogP contribution >= 0.6 is 0 Å². The van der Waals surface area contributed by atoms with Crippen LogP contribution in [0.25, 0.3) is 0 Å². The number of nitrogens with zero attached hydrogens (tertiary/aromatic N) is 1. The molecule has 2 aliphatic rings. The van der Waals surface area contributed by atoms with Gasteiger partial charge in [-0.1, -0.05) is 0 Å². The first-order valence-corrected chi connectivity index (χ1v) is 19.4. The van der Waals surface area contributed by atoms with E-state index in [-0.39, 0.29) is 28.8 Å². The Labute approximate surface area is 238 Å². The number of aromatic nitrogens is 2. The SMILES string of the molecule is CC(C)[Si]1(C(C)C)OC[C@H]2O[C@@]([Se]c3ccccc3)(n3ccc(=O)[nH]c3=O)[C@H](O)[C@@H]2O[Si](C(C)C)(C(C)C)O1. The molecule has 0 amide bonds. The topological polar surface area (TPSA) is 112 Å². The summed E-state index contributed by atoms with van der Waals surface area (Å²) in [5.41, 5.74) is -0.693. The summed E-state index contributed by atoms with van der Waals surface area (Å²) in [6.45, 7) is 17.3. The van der Waals surface area contributed by atoms with E-state index in [2.05, 4.69) is 60.4 Å². The van der Waals surface area contributed by atoms with Crippen LogP contribution < -0.4 is 15.7 Å². The van der Waals surface area contributed by atoms with Crippen molar-refractivity contribution in [3.8, 4) is 0 Å². The van der Waals surface area contributed by atoms with E-state index in [1.165, 1.54) is 16.8 Å². The average molecular weight is 642 g/mol. The minimum absolute atomic E-state index is 0.0712. The van der Waals surface area contributed by atoms with Crippen LogP contribution in [0.2, 0.25) is 22.2 Å². The van der Waals surface area contributed by atoms with Crippen molar-refractivity contribution >= 4 is 36.5 Å². The van der Waals surface area contributed by atoms with E-state index in [0.29, 0.717) is 0 Å². The number of nitrogens with one attached hydrogen (secondary N) is 1. The fourth-order valence-electron chi connectivity index (χ4n) is 5.82. The Morgan fingerprint density at radius 2 is 1.54 bits per heavy atom. The van der Waals surface area contributed by atoms with E-state index >= 15 is 0 Å². The van der Waals surface area contributed by atoms with Crippen LogP contribution in [-0.4, -0.2) is 71.7 Å². The first kappa shape index (κ1) is 30.6. The molecule has 3 heterocycles. The molecule has 2 aliphatic heterocycles. The molecule has 2 fully saturated rings. The number of benzene rings is 1. The molecule has 0 bridgehead atoms. The molecule has 1 aromatic heterocycles. The van der Waals surface area contributed by atoms with Gasteiger partial charge in [-0.3, -0.25) is 0 Å². The molecule has 4 atom stereocenters. The fraction of sp³-hybridized carbons (Fsp3) is 0.630. The maximum absolute atomic E-state index is 13.2. The monoisotopic (exact) mass is 642 g/mol. The summed E-state index contributed by atoms with van der Waals surface area (Å²) in [7, 11) is -5.84. The third kappa shape index (κ3) is 5.36. The number of ether oxygens (including phenoxy) is 1. The molecule has 4 rings (SSSR count). The van der Waals surface area contributed by atoms with Gasteiger partial charge in [0.2, 0.25) is 0 Å². The zero-order valence-corrected chi connectivity index (χ0v) is 27.8. The van der Waals surface area contributed by atoms with E-state index in [9.17, 15) is 14.7 Å². The molecule has 2 N–H and O–H groups in total. The third-order valence-corrected chi connectivity index (χ3v) is 20.9. The Hall–Kier alpha value is -1.35. The number of aromatic amines is 1. The molecule has 0 radical (unpaired) electrons. The summed E-state index contributed by atoms with van der Waals surface area (Å²) in [5.74, 6) is 0. The number of aliphatic hydroxyl groups is 1. The molecule has 2 saturated heterocycles. The second-order valence-electron chi connectivity index (χ2n) is 11.7. The molecular weight excluding hydrogens is 599 g/mol. The Morgan fingerprint density at radius 3 is 2.08 bits per heavy atom. The van der Waals surface area contributed by atoms with Gasteiger partial charge >= 0.3 is 239 Å². The Kier molecular flexibility index (Phi) is 9.02. The first-order chi connectivity index (χ1) is 18.3. The Morgan fingerprint density at radius 1 is 0.949 bits per heavy atom. The summed E-state index contributed by atoms with van der Waals surface area (Å²) in [4.78, 5) is 27.5. The van der Waals surface area contributed by atoms with Crippen LogP contribution in [0.4, 0.5) is 0 Å². The maximum atomic E-state index is 13.2. The molecular formula is C27H42N2O7SeSi2. The van der Waals surface area contributed by atoms with Gasteiger partial charge in [0.25, 0.3) is 0 Å². The predicted octanol–water partition coefficient (Wildman–Crippen LogP) is 2.89. The third-order valence-electron chi connectivity index (χ3n) is 7.87. The van der Waals surface area contributed by atoms with E-state index in [0.717, 1.165) is 4.46 Å². The van der Waals surface area contributed by atoms with Crippen LogP contribution in [0.5, 0.6) is 0 Å². The van der Waals surface area contributed by atoms with Crippen molar-refractivity contribution in [3.63, 3.8) is 0 Å². The van der Waals surface area contributed by atoms with Crippen molar-refractivity contribution < 1.29 is 22.8 Å². The zero-order valence-electron chi connectivity index (χ0n) is 24.0. The summed E-state index contributed by atoms with van der Waals surface area (Å²) < 4.78 is 28.7. The van der Waals surface area contributed by atoms with Gasteiger partial charge in [-0.2, -0.15) is 0 Å². The van der Waals surface area contributed by atoms with Gasteiger partial charge in [-0.25, -0.2) is 0 Å². The van der Waals surface area contributed by atoms with E-state index in [4.69, 9.17) is 17.7 Å². The second kappa shape index (κ2) is 11.5. The molecule has 9 nitrogen and oxygen atoms in total. The van der Waals surface area contributed by atoms with E-state index < -0.39 is 66.3 Å². The van der Waals surface area contributed by atoms with Crippen LogP contribution in [0.3, 0.4) is 0 Å². The second-order valence-corrected chi connectivity index (χ2v) is 23.2. The zero-order chi connectivity index (χ0) is 28.8. The predicted molar refractivity (Wildman–Crippen MR) is 156 cm³/mol. The van der Waals surface area contributed by atoms with Gasteiger partial charge in [0.1, 0.15) is 0 Å². The van der Waals surface area contributed by atoms with Crippen LogP contribution in [0.15, 0.2) is 52.2 Å². The van der Waals surface area contributed by atoms with Gasteiger partial charge in [-0.15, -0.1) is 0 Å². The van der Waals surface area contributed by atoms with Crippen LogP contribution in [-0.2, 0) is 22.3 Å². The van der Waals surface area contributed by atoms with Crippen molar-refractivity contribution in [2.75, 3.05) is 6.61 Å². The quantitative estimate of drug-likeness (QED) is 0.448. The fourth-order valence-corrected chi connectivity index (χ4v) is 19.8. The summed E-state index contributed by atoms with van der Waals surface area (Å²) in [6, 6.07) is 10.9. The molecule has 0 saturated carbocycles. The molecule has 0 unspecified atom stereocenters. The molecule has 0 aliphatic carbocycles. The number of hydrogen-bond acceptors (Lipinski definition) is 7. The number of aliphatic hydroxyl groups excluding tert-OH is 1. The van der Waals surface area contributed by atoms with Gasteiger partial charge in [0.15, 0.2) is 0 Å². The Bertz CT molecular complexity index is 1240. The number of rotatable bonds is 7. The Balaban J connectivity index is 1.90. The molecule has 2 aromatic rings. The molecule has 216 valence electrons. The standard InChI is InChI=1S/C27H42N2O7SeSi2/c1-17(2)38(18(3)4)33-16-22-24(35-39(36-38,19(5)6)20(7)8)25(31)27(34-22,37-21-12-10-9-11-13-21)29-15-14-23(30)28-26(29)32/h9-15,17-20,22,24-25,31H,16H2,1-8H3,(H,28,30,32)/t22-,24-,25-,27+/m1/s1. The minimum atomic E-state index is -3.03. The van der Waals surface area contributed by atoms with Crippen molar-refractivity contribution in [2.24, 2.45) is 0 Å². The summed E-state index contributed by atoms with van der Waals surface area (Å²) in [5, 5.41) is 12.1. The normalized spacial score (nSPS) is 28.6. The van der Waals surface area contributed by atoms with Crippen molar-refractivity contribution in [1.29, 1.82) is 0 Å².